The molecule has 208 valence electrons. The Balaban J connectivity index is 5.97. The highest BCUT2D eigenvalue weighted by Gasteiger charge is 2.83. The monoisotopic (exact) mass is 544 g/mol. The average molecular weight is 544 g/mol. The van der Waals surface area contributed by atoms with Crippen LogP contribution in [-0.4, -0.2) is 41.5 Å². The predicted octanol–water partition coefficient (Wildman–Crippen LogP) is 9.71. The highest BCUT2D eigenvalue weighted by atomic mass is 19.4. The van der Waals surface area contributed by atoms with E-state index in [1.54, 1.807) is 6.92 Å². The van der Waals surface area contributed by atoms with Crippen molar-refractivity contribution in [2.24, 2.45) is 0 Å². The largest absolute Gasteiger partial charge is 0.381 e. The Morgan fingerprint density at radius 3 is 1.26 bits per heavy atom. The number of unbranched alkanes of at least 4 members (excludes halogenated alkanes) is 5. The summed E-state index contributed by atoms with van der Waals surface area (Å²) in [7, 11) is 0. The summed E-state index contributed by atoms with van der Waals surface area (Å²) in [4.78, 5) is 0. The second kappa shape index (κ2) is 11.7. The second-order valence-electron chi connectivity index (χ2n) is 8.00. The normalized spacial score (nSPS) is 15.5. The molecule has 0 N–H and O–H groups in total. The minimum absolute atomic E-state index is 0.118. The van der Waals surface area contributed by atoms with Gasteiger partial charge in [-0.05, 0) is 31.4 Å². The van der Waals surface area contributed by atoms with E-state index in [2.05, 4.69) is 0 Å². The summed E-state index contributed by atoms with van der Waals surface area (Å²) in [6, 6.07) is 0. The number of alkyl halides is 14. The van der Waals surface area contributed by atoms with E-state index in [9.17, 15) is 61.5 Å². The van der Waals surface area contributed by atoms with Gasteiger partial charge in [-0.15, -0.1) is 0 Å². The van der Waals surface area contributed by atoms with E-state index in [1.165, 1.54) is 6.92 Å². The van der Waals surface area contributed by atoms with Gasteiger partial charge in [-0.25, -0.2) is 0 Å². The van der Waals surface area contributed by atoms with Gasteiger partial charge in [-0.2, -0.15) is 61.5 Å². The molecule has 0 fully saturated rings. The van der Waals surface area contributed by atoms with Gasteiger partial charge in [0.05, 0.1) is 6.42 Å². The van der Waals surface area contributed by atoms with Crippen LogP contribution in [0.2, 0.25) is 0 Å². The minimum atomic E-state index is -7.33. The van der Waals surface area contributed by atoms with Crippen molar-refractivity contribution in [3.05, 3.63) is 24.3 Å². The van der Waals surface area contributed by atoms with Crippen LogP contribution in [0.15, 0.2) is 24.3 Å². The molecule has 0 amide bonds. The first-order chi connectivity index (χ1) is 15.6. The summed E-state index contributed by atoms with van der Waals surface area (Å²) in [5, 5.41) is 0. The quantitative estimate of drug-likeness (QED) is 0.103. The zero-order valence-electron chi connectivity index (χ0n) is 18.8. The van der Waals surface area contributed by atoms with Crippen molar-refractivity contribution in [2.45, 2.75) is 107 Å². The lowest BCUT2D eigenvalue weighted by Crippen LogP contribution is -2.64. The lowest BCUT2D eigenvalue weighted by atomic mass is 9.90. The Morgan fingerprint density at radius 2 is 0.829 bits per heavy atom. The molecule has 0 radical (unpaired) electrons. The van der Waals surface area contributed by atoms with Gasteiger partial charge in [0, 0.05) is 0 Å². The second-order valence-corrected chi connectivity index (χ2v) is 8.00. The Kier molecular flexibility index (Phi) is 11.2. The van der Waals surface area contributed by atoms with Crippen LogP contribution in [0.4, 0.5) is 61.5 Å². The van der Waals surface area contributed by atoms with Gasteiger partial charge in [0.2, 0.25) is 0 Å². The molecule has 0 rings (SSSR count). The van der Waals surface area contributed by atoms with Crippen molar-refractivity contribution in [2.75, 3.05) is 0 Å². The van der Waals surface area contributed by atoms with Crippen LogP contribution in [0.1, 0.15) is 65.2 Å². The Bertz CT molecular complexity index is 707. The van der Waals surface area contributed by atoms with Gasteiger partial charge in [0.25, 0.3) is 0 Å². The van der Waals surface area contributed by atoms with Crippen LogP contribution in [0.25, 0.3) is 0 Å². The summed E-state index contributed by atoms with van der Waals surface area (Å²) in [6.45, 7) is 3.22. The SMILES string of the molecule is CCCC/C=C/C(F)(F)C(F)(F)C(F)(F)C(F)(F)CC(F)(F)C(F)(F)C(F)(F)/C=C/CCCCC. The van der Waals surface area contributed by atoms with Gasteiger partial charge in [0.15, 0.2) is 0 Å². The van der Waals surface area contributed by atoms with E-state index < -0.39 is 60.0 Å². The fourth-order valence-electron chi connectivity index (χ4n) is 2.69. The van der Waals surface area contributed by atoms with Crippen molar-refractivity contribution in [1.29, 1.82) is 0 Å². The maximum atomic E-state index is 13.8. The molecule has 0 nitrogen and oxygen atoms in total. The molecular formula is C21H26F14. The number of hydrogen-bond donors (Lipinski definition) is 0. The van der Waals surface area contributed by atoms with Crippen LogP contribution < -0.4 is 0 Å². The van der Waals surface area contributed by atoms with Crippen molar-refractivity contribution in [3.8, 4) is 0 Å². The summed E-state index contributed by atoms with van der Waals surface area (Å²) in [5.74, 6) is -46.7. The molecule has 0 aromatic rings. The highest BCUT2D eigenvalue weighted by molar-refractivity contribution is 5.14. The van der Waals surface area contributed by atoms with E-state index in [0.29, 0.717) is 25.3 Å². The molecule has 0 heterocycles. The van der Waals surface area contributed by atoms with E-state index in [0.717, 1.165) is 0 Å². The zero-order chi connectivity index (χ0) is 28.0. The molecule has 0 saturated carbocycles. The smallest absolute Gasteiger partial charge is 0.199 e. The molecule has 0 saturated heterocycles. The van der Waals surface area contributed by atoms with Gasteiger partial charge < -0.3 is 0 Å². The molecule has 0 aliphatic rings. The lowest BCUT2D eigenvalue weighted by molar-refractivity contribution is -0.377. The Labute approximate surface area is 193 Å². The molecule has 35 heavy (non-hydrogen) atoms. The Hall–Kier alpha value is -1.50. The maximum Gasteiger partial charge on any atom is 0.381 e. The van der Waals surface area contributed by atoms with E-state index >= 15 is 0 Å². The molecule has 0 aromatic heterocycles. The molecular weight excluding hydrogens is 518 g/mol. The zero-order valence-corrected chi connectivity index (χ0v) is 18.8. The highest BCUT2D eigenvalue weighted by Crippen LogP contribution is 2.58. The number of rotatable bonds is 16. The fourth-order valence-corrected chi connectivity index (χ4v) is 2.69. The molecule has 0 bridgehead atoms. The average Bonchev–Trinajstić information content (AvgIpc) is 2.69. The van der Waals surface area contributed by atoms with Crippen LogP contribution in [0.3, 0.4) is 0 Å². The van der Waals surface area contributed by atoms with Crippen LogP contribution in [-0.2, 0) is 0 Å². The molecule has 0 spiro atoms. The van der Waals surface area contributed by atoms with Crippen molar-refractivity contribution in [1.82, 2.24) is 0 Å². The molecule has 0 atom stereocenters. The molecule has 0 unspecified atom stereocenters. The molecule has 0 aliphatic carbocycles. The topological polar surface area (TPSA) is 0 Å². The molecule has 0 aromatic carbocycles. The van der Waals surface area contributed by atoms with E-state index in [-0.39, 0.29) is 31.8 Å². The van der Waals surface area contributed by atoms with Crippen LogP contribution >= 0.6 is 0 Å². The number of hydrogen-bond acceptors (Lipinski definition) is 0. The maximum absolute atomic E-state index is 13.8. The van der Waals surface area contributed by atoms with Gasteiger partial charge in [-0.1, -0.05) is 51.7 Å². The first-order valence-electron chi connectivity index (χ1n) is 10.6. The van der Waals surface area contributed by atoms with Gasteiger partial charge in [-0.3, -0.25) is 0 Å². The number of halogens is 14. The lowest BCUT2D eigenvalue weighted by Gasteiger charge is -2.39. The predicted molar refractivity (Wildman–Crippen MR) is 101 cm³/mol. The summed E-state index contributed by atoms with van der Waals surface area (Å²) < 4.78 is 192. The summed E-state index contributed by atoms with van der Waals surface area (Å²) in [5.41, 5.74) is 0. The van der Waals surface area contributed by atoms with Crippen molar-refractivity contribution in [3.63, 3.8) is 0 Å². The molecule has 14 heteroatoms. The third-order valence-corrected chi connectivity index (χ3v) is 4.95. The first kappa shape index (κ1) is 33.5. The molecule has 0 aliphatic heterocycles. The van der Waals surface area contributed by atoms with Crippen LogP contribution in [0, 0.1) is 0 Å². The van der Waals surface area contributed by atoms with E-state index in [4.69, 9.17) is 0 Å². The van der Waals surface area contributed by atoms with E-state index in [1.807, 2.05) is 0 Å². The van der Waals surface area contributed by atoms with Gasteiger partial charge >= 0.3 is 41.5 Å². The van der Waals surface area contributed by atoms with Crippen LogP contribution in [0.5, 0.6) is 0 Å². The van der Waals surface area contributed by atoms with Crippen molar-refractivity contribution < 1.29 is 61.5 Å². The van der Waals surface area contributed by atoms with Crippen molar-refractivity contribution >= 4 is 0 Å². The summed E-state index contributed by atoms with van der Waals surface area (Å²) >= 11 is 0. The Morgan fingerprint density at radius 1 is 0.457 bits per heavy atom. The van der Waals surface area contributed by atoms with Gasteiger partial charge in [0.1, 0.15) is 0 Å². The standard InChI is InChI=1S/C21H26F14/c1-3-5-7-9-11-12-15(22,23)19(30,31)17(26,27)14-18(28,29)21(34,35)20(32,33)16(24,25)13-10-8-6-4-2/h10-13H,3-9,14H2,1-2H3/b12-11+,13-10+. The third-order valence-electron chi connectivity index (χ3n) is 4.95. The fraction of sp³-hybridized carbons (Fsp3) is 0.810. The minimum Gasteiger partial charge on any atom is -0.199 e. The number of allylic oxidation sites excluding steroid dienone is 4. The third kappa shape index (κ3) is 7.27. The first-order valence-corrected chi connectivity index (χ1v) is 10.6. The summed E-state index contributed by atoms with van der Waals surface area (Å²) in [6.07, 6.45) is -4.23.